The van der Waals surface area contributed by atoms with Crippen molar-refractivity contribution in [3.63, 3.8) is 0 Å². The van der Waals surface area contributed by atoms with E-state index in [2.05, 4.69) is 264 Å². The second-order valence-corrected chi connectivity index (χ2v) is 18.3. The van der Waals surface area contributed by atoms with E-state index in [1.165, 1.54) is 11.1 Å². The highest BCUT2D eigenvalue weighted by atomic mass is 15.2. The van der Waals surface area contributed by atoms with Gasteiger partial charge < -0.3 is 14.0 Å². The Hall–Kier alpha value is -8.91. The summed E-state index contributed by atoms with van der Waals surface area (Å²) in [5, 5.41) is 16.6. The first-order valence-electron chi connectivity index (χ1n) is 23.3. The van der Waals surface area contributed by atoms with Crippen molar-refractivity contribution >= 4 is 60.7 Å². The first-order chi connectivity index (χ1) is 33.5. The molecule has 4 heteroatoms. The van der Waals surface area contributed by atoms with Crippen LogP contribution < -0.4 is 4.90 Å². The zero-order valence-corrected chi connectivity index (χ0v) is 37.7. The number of hydrogen-bond acceptors (Lipinski definition) is 2. The Bertz CT molecular complexity index is 3680. The van der Waals surface area contributed by atoms with Crippen molar-refractivity contribution in [1.29, 1.82) is 5.26 Å². The normalized spacial score (nSPS) is 12.9. The fourth-order valence-corrected chi connectivity index (χ4v) is 11.4. The number of fused-ring (bicyclic) bond motifs is 8. The van der Waals surface area contributed by atoms with Crippen LogP contribution in [-0.4, -0.2) is 9.13 Å². The van der Waals surface area contributed by atoms with Gasteiger partial charge in [0, 0.05) is 49.3 Å². The Kier molecular flexibility index (Phi) is 8.90. The Morgan fingerprint density at radius 2 is 0.735 bits per heavy atom. The smallest absolute Gasteiger partial charge is 0.101 e. The van der Waals surface area contributed by atoms with Gasteiger partial charge in [0.15, 0.2) is 0 Å². The first kappa shape index (κ1) is 39.5. The van der Waals surface area contributed by atoms with Gasteiger partial charge in [-0.05, 0) is 76.3 Å². The molecule has 0 atom stereocenters. The van der Waals surface area contributed by atoms with Gasteiger partial charge in [-0.2, -0.15) is 5.26 Å². The van der Waals surface area contributed by atoms with Crippen LogP contribution in [0.3, 0.4) is 0 Å². The Balaban J connectivity index is 1.28. The standard InChI is InChI=1S/C64H44N4/c1-64(2)51-32-13-19-38-57(51)66(58-39-20-14-33-52(58)64)45-27-21-26-44(40-45)61-62(67-53-34-15-9-28-46(53)47-29-10-16-35-54(47)67)59(42-22-5-3-6-23-42)50(41-65)60(43-24-7-4-8-25-43)63(61)68-55-36-17-11-30-48(55)49-31-12-18-37-56(49)68/h3-40H,1-2H3. The predicted molar refractivity (Wildman–Crippen MR) is 283 cm³/mol. The number of rotatable bonds is 6. The van der Waals surface area contributed by atoms with E-state index in [0.29, 0.717) is 5.56 Å². The van der Waals surface area contributed by atoms with Gasteiger partial charge >= 0.3 is 0 Å². The maximum atomic E-state index is 12.0. The van der Waals surface area contributed by atoms with Crippen LogP contribution in [0.5, 0.6) is 0 Å². The Labute approximate surface area is 395 Å². The van der Waals surface area contributed by atoms with Gasteiger partial charge in [0.1, 0.15) is 6.07 Å². The molecule has 0 spiro atoms. The number of aromatic nitrogens is 2. The molecule has 320 valence electrons. The third-order valence-electron chi connectivity index (χ3n) is 14.3. The SMILES string of the molecule is CC1(C)c2ccccc2N(c2cccc(-c3c(-n4c5ccccc5c5ccccc54)c(-c4ccccc4)c(C#N)c(-c4ccccc4)c3-n3c4ccccc4c4ccccc43)c2)c2ccccc21. The molecule has 0 N–H and O–H groups in total. The molecule has 0 saturated heterocycles. The molecule has 1 aliphatic heterocycles. The summed E-state index contributed by atoms with van der Waals surface area (Å²) < 4.78 is 4.88. The van der Waals surface area contributed by atoms with Crippen LogP contribution in [0.1, 0.15) is 30.5 Å². The summed E-state index contributed by atoms with van der Waals surface area (Å²) in [5.41, 5.74) is 18.2. The molecule has 0 fully saturated rings. The van der Waals surface area contributed by atoms with Crippen molar-refractivity contribution in [2.75, 3.05) is 4.90 Å². The second kappa shape index (κ2) is 15.3. The average Bonchev–Trinajstić information content (AvgIpc) is 3.91. The van der Waals surface area contributed by atoms with E-state index in [9.17, 15) is 5.26 Å². The van der Waals surface area contributed by atoms with Crippen molar-refractivity contribution < 1.29 is 0 Å². The molecular weight excluding hydrogens is 825 g/mol. The molecule has 1 aliphatic rings. The van der Waals surface area contributed by atoms with E-state index >= 15 is 0 Å². The number of nitrogens with zero attached hydrogens (tertiary/aromatic N) is 4. The number of benzene rings is 10. The third-order valence-corrected chi connectivity index (χ3v) is 14.3. The highest BCUT2D eigenvalue weighted by Crippen LogP contribution is 2.55. The number of para-hydroxylation sites is 6. The van der Waals surface area contributed by atoms with E-state index < -0.39 is 0 Å². The molecule has 13 rings (SSSR count). The van der Waals surface area contributed by atoms with Crippen LogP contribution in [0.4, 0.5) is 17.1 Å². The molecule has 68 heavy (non-hydrogen) atoms. The maximum Gasteiger partial charge on any atom is 0.101 e. The lowest BCUT2D eigenvalue weighted by Crippen LogP contribution is -2.30. The van der Waals surface area contributed by atoms with E-state index in [1.54, 1.807) is 0 Å². The Morgan fingerprint density at radius 3 is 1.16 bits per heavy atom. The monoisotopic (exact) mass is 868 g/mol. The largest absolute Gasteiger partial charge is 0.310 e. The summed E-state index contributed by atoms with van der Waals surface area (Å²) in [6.07, 6.45) is 0. The summed E-state index contributed by atoms with van der Waals surface area (Å²) in [6, 6.07) is 85.6. The number of anilines is 3. The zero-order chi connectivity index (χ0) is 45.5. The highest BCUT2D eigenvalue weighted by Gasteiger charge is 2.37. The molecule has 4 nitrogen and oxygen atoms in total. The highest BCUT2D eigenvalue weighted by molar-refractivity contribution is 6.15. The van der Waals surface area contributed by atoms with Gasteiger partial charge in [-0.3, -0.25) is 0 Å². The molecule has 3 heterocycles. The van der Waals surface area contributed by atoms with Gasteiger partial charge in [0.25, 0.3) is 0 Å². The topological polar surface area (TPSA) is 36.9 Å². The Morgan fingerprint density at radius 1 is 0.368 bits per heavy atom. The molecule has 0 saturated carbocycles. The average molecular weight is 869 g/mol. The second-order valence-electron chi connectivity index (χ2n) is 18.3. The molecule has 0 unspecified atom stereocenters. The predicted octanol–water partition coefficient (Wildman–Crippen LogP) is 16.9. The minimum Gasteiger partial charge on any atom is -0.310 e. The van der Waals surface area contributed by atoms with Crippen molar-refractivity contribution in [1.82, 2.24) is 9.13 Å². The molecule has 0 aliphatic carbocycles. The molecular formula is C64H44N4. The third kappa shape index (κ3) is 5.73. The lowest BCUT2D eigenvalue weighted by molar-refractivity contribution is 0.632. The van der Waals surface area contributed by atoms with Gasteiger partial charge in [-0.15, -0.1) is 0 Å². The van der Waals surface area contributed by atoms with Gasteiger partial charge in [-0.1, -0.05) is 196 Å². The fraction of sp³-hybridized carbons (Fsp3) is 0.0469. The summed E-state index contributed by atoms with van der Waals surface area (Å²) in [5.74, 6) is 0. The summed E-state index contributed by atoms with van der Waals surface area (Å²) in [6.45, 7) is 4.67. The quantitative estimate of drug-likeness (QED) is 0.167. The lowest BCUT2D eigenvalue weighted by atomic mass is 9.73. The van der Waals surface area contributed by atoms with Crippen LogP contribution >= 0.6 is 0 Å². The van der Waals surface area contributed by atoms with Gasteiger partial charge in [0.2, 0.25) is 0 Å². The molecule has 2 aromatic heterocycles. The number of nitriles is 1. The zero-order valence-electron chi connectivity index (χ0n) is 37.7. The van der Waals surface area contributed by atoms with Crippen LogP contribution in [0.25, 0.3) is 88.4 Å². The van der Waals surface area contributed by atoms with E-state index in [4.69, 9.17) is 0 Å². The molecule has 0 amide bonds. The van der Waals surface area contributed by atoms with Crippen LogP contribution in [0, 0.1) is 11.3 Å². The van der Waals surface area contributed by atoms with Crippen LogP contribution in [0.15, 0.2) is 231 Å². The molecule has 10 aromatic carbocycles. The maximum absolute atomic E-state index is 12.0. The van der Waals surface area contributed by atoms with Crippen molar-refractivity contribution in [3.8, 4) is 50.8 Å². The summed E-state index contributed by atoms with van der Waals surface area (Å²) in [4.78, 5) is 2.44. The first-order valence-corrected chi connectivity index (χ1v) is 23.3. The molecule has 12 aromatic rings. The minimum absolute atomic E-state index is 0.211. The van der Waals surface area contributed by atoms with E-state index in [0.717, 1.165) is 105 Å². The minimum atomic E-state index is -0.211. The summed E-state index contributed by atoms with van der Waals surface area (Å²) in [7, 11) is 0. The molecule has 0 bridgehead atoms. The van der Waals surface area contributed by atoms with Crippen LogP contribution in [-0.2, 0) is 5.41 Å². The van der Waals surface area contributed by atoms with Crippen molar-refractivity contribution in [2.24, 2.45) is 0 Å². The lowest BCUT2D eigenvalue weighted by Gasteiger charge is -2.42. The molecule has 0 radical (unpaired) electrons. The number of hydrogen-bond donors (Lipinski definition) is 0. The van der Waals surface area contributed by atoms with Crippen molar-refractivity contribution in [2.45, 2.75) is 19.3 Å². The van der Waals surface area contributed by atoms with Gasteiger partial charge in [0.05, 0.1) is 50.4 Å². The van der Waals surface area contributed by atoms with Gasteiger partial charge in [-0.25, -0.2) is 0 Å². The fourth-order valence-electron chi connectivity index (χ4n) is 11.4. The van der Waals surface area contributed by atoms with E-state index in [1.807, 2.05) is 0 Å². The summed E-state index contributed by atoms with van der Waals surface area (Å²) >= 11 is 0. The van der Waals surface area contributed by atoms with E-state index in [-0.39, 0.29) is 5.41 Å². The van der Waals surface area contributed by atoms with Crippen LogP contribution in [0.2, 0.25) is 0 Å². The van der Waals surface area contributed by atoms with Crippen molar-refractivity contribution in [3.05, 3.63) is 247 Å².